The molecule has 0 aliphatic carbocycles. The predicted octanol–water partition coefficient (Wildman–Crippen LogP) is 3.03. The van der Waals surface area contributed by atoms with Gasteiger partial charge in [-0.2, -0.15) is 0 Å². The molecule has 1 N–H and O–H groups in total. The van der Waals surface area contributed by atoms with Crippen molar-refractivity contribution in [1.29, 1.82) is 0 Å². The van der Waals surface area contributed by atoms with Gasteiger partial charge in [0, 0.05) is 12.7 Å². The largest absolute Gasteiger partial charge is 0.439 e. The Morgan fingerprint density at radius 3 is 3.06 bits per heavy atom. The van der Waals surface area contributed by atoms with E-state index < -0.39 is 0 Å². The Balaban J connectivity index is 2.07. The van der Waals surface area contributed by atoms with Crippen LogP contribution in [0.5, 0.6) is 0 Å². The molecule has 0 atom stereocenters. The van der Waals surface area contributed by atoms with Gasteiger partial charge in [-0.05, 0) is 43.3 Å². The summed E-state index contributed by atoms with van der Waals surface area (Å²) in [6.07, 6.45) is 4.57. The van der Waals surface area contributed by atoms with Crippen LogP contribution in [0.2, 0.25) is 0 Å². The zero-order valence-electron chi connectivity index (χ0n) is 10.6. The second kappa shape index (κ2) is 6.56. The fraction of sp³-hybridized carbons (Fsp3) is 0.385. The van der Waals surface area contributed by atoms with Crippen LogP contribution >= 0.6 is 11.8 Å². The van der Waals surface area contributed by atoms with Gasteiger partial charge in [0.05, 0.1) is 5.69 Å². The van der Waals surface area contributed by atoms with Crippen LogP contribution in [0, 0.1) is 6.92 Å². The van der Waals surface area contributed by atoms with E-state index in [4.69, 9.17) is 4.42 Å². The molecule has 2 aromatic rings. The number of aryl methyl sites for hydroxylation is 1. The van der Waals surface area contributed by atoms with Crippen LogP contribution in [0.4, 0.5) is 0 Å². The fourth-order valence-electron chi connectivity index (χ4n) is 1.51. The zero-order valence-corrected chi connectivity index (χ0v) is 11.5. The van der Waals surface area contributed by atoms with Crippen LogP contribution < -0.4 is 5.32 Å². The maximum absolute atomic E-state index is 5.34. The molecule has 0 saturated heterocycles. The Morgan fingerprint density at radius 2 is 2.33 bits per heavy atom. The molecule has 2 heterocycles. The van der Waals surface area contributed by atoms with E-state index in [-0.39, 0.29) is 0 Å². The van der Waals surface area contributed by atoms with E-state index >= 15 is 0 Å². The molecule has 0 fully saturated rings. The molecular weight excluding hydrogens is 246 g/mol. The van der Waals surface area contributed by atoms with Gasteiger partial charge in [0.1, 0.15) is 11.3 Å². The summed E-state index contributed by atoms with van der Waals surface area (Å²) >= 11 is 1.46. The number of oxazole rings is 1. The predicted molar refractivity (Wildman–Crippen MR) is 71.6 cm³/mol. The lowest BCUT2D eigenvalue weighted by Gasteiger charge is -2.06. The van der Waals surface area contributed by atoms with Crippen molar-refractivity contribution in [2.24, 2.45) is 0 Å². The molecule has 2 rings (SSSR count). The molecule has 0 bridgehead atoms. The summed E-state index contributed by atoms with van der Waals surface area (Å²) in [7, 11) is 0. The lowest BCUT2D eigenvalue weighted by molar-refractivity contribution is 0.453. The molecule has 0 unspecified atom stereocenters. The van der Waals surface area contributed by atoms with Gasteiger partial charge in [0.25, 0.3) is 5.22 Å². The van der Waals surface area contributed by atoms with Crippen molar-refractivity contribution in [3.05, 3.63) is 35.9 Å². The summed E-state index contributed by atoms with van der Waals surface area (Å²) < 4.78 is 5.34. The smallest absolute Gasteiger partial charge is 0.262 e. The first-order chi connectivity index (χ1) is 8.79. The van der Waals surface area contributed by atoms with Gasteiger partial charge in [-0.1, -0.05) is 13.0 Å². The minimum atomic E-state index is 0.642. The Morgan fingerprint density at radius 1 is 1.44 bits per heavy atom. The molecule has 0 saturated carbocycles. The standard InChI is InChI=1S/C13H17N3OS/c1-3-6-14-8-11-5-4-7-15-12(11)18-13-16-10(2)9-17-13/h4-5,7,9,14H,3,6,8H2,1-2H3. The highest BCUT2D eigenvalue weighted by molar-refractivity contribution is 7.99. The van der Waals surface area contributed by atoms with Crippen molar-refractivity contribution in [1.82, 2.24) is 15.3 Å². The SMILES string of the molecule is CCCNCc1cccnc1Sc1nc(C)co1. The zero-order chi connectivity index (χ0) is 12.8. The van der Waals surface area contributed by atoms with Gasteiger partial charge in [-0.3, -0.25) is 0 Å². The van der Waals surface area contributed by atoms with Crippen molar-refractivity contribution >= 4 is 11.8 Å². The molecular formula is C13H17N3OS. The lowest BCUT2D eigenvalue weighted by atomic mass is 10.3. The van der Waals surface area contributed by atoms with E-state index in [1.807, 2.05) is 13.0 Å². The van der Waals surface area contributed by atoms with E-state index in [9.17, 15) is 0 Å². The minimum Gasteiger partial charge on any atom is -0.439 e. The van der Waals surface area contributed by atoms with Crippen molar-refractivity contribution in [3.8, 4) is 0 Å². The number of hydrogen-bond donors (Lipinski definition) is 1. The lowest BCUT2D eigenvalue weighted by Crippen LogP contribution is -2.14. The van der Waals surface area contributed by atoms with Crippen molar-refractivity contribution in [3.63, 3.8) is 0 Å². The number of hydrogen-bond acceptors (Lipinski definition) is 5. The average Bonchev–Trinajstić information content (AvgIpc) is 2.77. The van der Waals surface area contributed by atoms with Gasteiger partial charge >= 0.3 is 0 Å². The summed E-state index contributed by atoms with van der Waals surface area (Å²) in [5, 5.41) is 4.97. The van der Waals surface area contributed by atoms with Gasteiger partial charge in [-0.25, -0.2) is 9.97 Å². The highest BCUT2D eigenvalue weighted by Crippen LogP contribution is 2.27. The number of aromatic nitrogens is 2. The molecule has 0 aliphatic rings. The first-order valence-electron chi connectivity index (χ1n) is 6.04. The van der Waals surface area contributed by atoms with Crippen LogP contribution in [0.25, 0.3) is 0 Å². The summed E-state index contributed by atoms with van der Waals surface area (Å²) in [6.45, 7) is 5.90. The number of nitrogens with one attached hydrogen (secondary N) is 1. The highest BCUT2D eigenvalue weighted by atomic mass is 32.2. The first kappa shape index (κ1) is 13.1. The Bertz CT molecular complexity index is 498. The maximum atomic E-state index is 5.34. The first-order valence-corrected chi connectivity index (χ1v) is 6.86. The van der Waals surface area contributed by atoms with Crippen LogP contribution in [0.1, 0.15) is 24.6 Å². The Labute approximate surface area is 111 Å². The third-order valence-electron chi connectivity index (χ3n) is 2.37. The molecule has 4 nitrogen and oxygen atoms in total. The molecule has 5 heteroatoms. The second-order valence-electron chi connectivity index (χ2n) is 4.00. The topological polar surface area (TPSA) is 51.0 Å². The van der Waals surface area contributed by atoms with Crippen LogP contribution in [-0.4, -0.2) is 16.5 Å². The van der Waals surface area contributed by atoms with E-state index in [0.29, 0.717) is 5.22 Å². The van der Waals surface area contributed by atoms with E-state index in [0.717, 1.165) is 30.2 Å². The quantitative estimate of drug-likeness (QED) is 0.812. The van der Waals surface area contributed by atoms with Crippen LogP contribution in [0.15, 0.2) is 39.3 Å². The summed E-state index contributed by atoms with van der Waals surface area (Å²) in [4.78, 5) is 8.66. The molecule has 2 aromatic heterocycles. The third kappa shape index (κ3) is 3.58. The summed E-state index contributed by atoms with van der Waals surface area (Å²) in [5.74, 6) is 0. The molecule has 0 amide bonds. The second-order valence-corrected chi connectivity index (χ2v) is 4.94. The van der Waals surface area contributed by atoms with Gasteiger partial charge in [0.15, 0.2) is 0 Å². The minimum absolute atomic E-state index is 0.642. The normalized spacial score (nSPS) is 10.8. The third-order valence-corrected chi connectivity index (χ3v) is 3.30. The molecule has 0 radical (unpaired) electrons. The monoisotopic (exact) mass is 263 g/mol. The Kier molecular flexibility index (Phi) is 4.78. The highest BCUT2D eigenvalue weighted by Gasteiger charge is 2.09. The van der Waals surface area contributed by atoms with Gasteiger partial charge in [-0.15, -0.1) is 0 Å². The van der Waals surface area contributed by atoms with Crippen molar-refractivity contribution in [2.45, 2.75) is 37.1 Å². The Hall–Kier alpha value is -1.33. The van der Waals surface area contributed by atoms with E-state index in [2.05, 4.69) is 28.3 Å². The average molecular weight is 263 g/mol. The fourth-order valence-corrected chi connectivity index (χ4v) is 2.35. The van der Waals surface area contributed by atoms with E-state index in [1.54, 1.807) is 12.5 Å². The number of pyridine rings is 1. The number of nitrogens with zero attached hydrogens (tertiary/aromatic N) is 2. The van der Waals surface area contributed by atoms with Gasteiger partial charge < -0.3 is 9.73 Å². The van der Waals surface area contributed by atoms with Crippen LogP contribution in [0.3, 0.4) is 0 Å². The van der Waals surface area contributed by atoms with Gasteiger partial charge in [0.2, 0.25) is 0 Å². The summed E-state index contributed by atoms with van der Waals surface area (Å²) in [5.41, 5.74) is 2.06. The van der Waals surface area contributed by atoms with Crippen LogP contribution in [-0.2, 0) is 6.54 Å². The maximum Gasteiger partial charge on any atom is 0.262 e. The molecule has 0 spiro atoms. The number of rotatable bonds is 6. The summed E-state index contributed by atoms with van der Waals surface area (Å²) in [6, 6.07) is 4.03. The molecule has 18 heavy (non-hydrogen) atoms. The van der Waals surface area contributed by atoms with Crippen molar-refractivity contribution < 1.29 is 4.42 Å². The van der Waals surface area contributed by atoms with Crippen molar-refractivity contribution in [2.75, 3.05) is 6.54 Å². The van der Waals surface area contributed by atoms with E-state index in [1.165, 1.54) is 17.3 Å². The molecule has 96 valence electrons. The molecule has 0 aliphatic heterocycles. The molecule has 0 aromatic carbocycles.